The molecule has 0 aliphatic rings. The summed E-state index contributed by atoms with van der Waals surface area (Å²) in [6.45, 7) is 4.64. The van der Waals surface area contributed by atoms with Gasteiger partial charge in [-0.15, -0.1) is 0 Å². The van der Waals surface area contributed by atoms with E-state index < -0.39 is 0 Å². The van der Waals surface area contributed by atoms with Gasteiger partial charge in [0.15, 0.2) is 11.5 Å². The van der Waals surface area contributed by atoms with Gasteiger partial charge in [0.1, 0.15) is 0 Å². The van der Waals surface area contributed by atoms with Crippen molar-refractivity contribution in [1.82, 2.24) is 10.6 Å². The van der Waals surface area contributed by atoms with Gasteiger partial charge in [-0.05, 0) is 23.6 Å². The molecule has 19 heavy (non-hydrogen) atoms. The lowest BCUT2D eigenvalue weighted by Crippen LogP contribution is -2.41. The zero-order valence-electron chi connectivity index (χ0n) is 11.7. The van der Waals surface area contributed by atoms with Crippen LogP contribution in [0.2, 0.25) is 0 Å². The molecule has 0 heterocycles. The van der Waals surface area contributed by atoms with Gasteiger partial charge in [0.05, 0.1) is 6.61 Å². The summed E-state index contributed by atoms with van der Waals surface area (Å²) in [5, 5.41) is 35.7. The van der Waals surface area contributed by atoms with Crippen LogP contribution in [-0.2, 0) is 0 Å². The molecule has 0 bridgehead atoms. The number of rotatable bonds is 7. The number of hydrogen-bond acceptors (Lipinski definition) is 4. The number of hydrogen-bond donors (Lipinski definition) is 4. The lowest BCUT2D eigenvalue weighted by Gasteiger charge is -2.27. The number of likely N-dealkylation sites (N-methyl/N-ethyl adjacent to an activating group) is 1. The maximum absolute atomic E-state index is 9.56. The number of nitrogens with zero attached hydrogens (tertiary/aromatic N) is 1. The number of aliphatic hydroxyl groups excluding tert-OH is 1. The van der Waals surface area contributed by atoms with Crippen LogP contribution in [0.5, 0.6) is 11.5 Å². The van der Waals surface area contributed by atoms with Gasteiger partial charge in [0.25, 0.3) is 0 Å². The second-order valence-corrected chi connectivity index (χ2v) is 5.00. The molecule has 0 saturated heterocycles. The first-order valence-corrected chi connectivity index (χ1v) is 6.44. The molecule has 0 aromatic heterocycles. The van der Waals surface area contributed by atoms with E-state index in [1.807, 2.05) is 13.8 Å². The standard InChI is InChI=1S/C14H23N2O3/c1-9(2)12(8-17)16-11(7-15-3)10-4-5-13(18)14(19)6-10/h4-6,9,11-12,16-19H,7-8H2,1-3H3/t11?,12-/m0/s1. The van der Waals surface area contributed by atoms with E-state index in [-0.39, 0.29) is 36.1 Å². The minimum atomic E-state index is -0.148. The Morgan fingerprint density at radius 2 is 1.89 bits per heavy atom. The van der Waals surface area contributed by atoms with Crippen LogP contribution in [0.4, 0.5) is 0 Å². The van der Waals surface area contributed by atoms with Crippen LogP contribution < -0.4 is 10.6 Å². The van der Waals surface area contributed by atoms with Gasteiger partial charge in [-0.2, -0.15) is 0 Å². The van der Waals surface area contributed by atoms with E-state index in [2.05, 4.69) is 10.6 Å². The fraction of sp³-hybridized carbons (Fsp3) is 0.571. The lowest BCUT2D eigenvalue weighted by atomic mass is 10.0. The fourth-order valence-corrected chi connectivity index (χ4v) is 1.91. The highest BCUT2D eigenvalue weighted by Gasteiger charge is 2.19. The average Bonchev–Trinajstić information content (AvgIpc) is 2.37. The highest BCUT2D eigenvalue weighted by Crippen LogP contribution is 2.28. The summed E-state index contributed by atoms with van der Waals surface area (Å²) in [6.07, 6.45) is 0. The maximum Gasteiger partial charge on any atom is 0.157 e. The second kappa shape index (κ2) is 7.33. The molecule has 1 rings (SSSR count). The third-order valence-corrected chi connectivity index (χ3v) is 3.18. The van der Waals surface area contributed by atoms with E-state index in [0.717, 1.165) is 5.56 Å². The quantitative estimate of drug-likeness (QED) is 0.555. The Kier molecular flexibility index (Phi) is 6.08. The first kappa shape index (κ1) is 15.8. The molecule has 0 aliphatic carbocycles. The smallest absolute Gasteiger partial charge is 0.157 e. The Bertz CT molecular complexity index is 396. The molecule has 107 valence electrons. The number of phenols is 2. The third-order valence-electron chi connectivity index (χ3n) is 3.18. The summed E-state index contributed by atoms with van der Waals surface area (Å²) in [7, 11) is 1.72. The van der Waals surface area contributed by atoms with Crippen molar-refractivity contribution in [2.75, 3.05) is 20.2 Å². The normalized spacial score (nSPS) is 14.6. The minimum Gasteiger partial charge on any atom is -0.504 e. The zero-order chi connectivity index (χ0) is 14.4. The number of aliphatic hydroxyl groups is 1. The Hall–Kier alpha value is -1.30. The van der Waals surface area contributed by atoms with Crippen molar-refractivity contribution < 1.29 is 15.3 Å². The summed E-state index contributed by atoms with van der Waals surface area (Å²) in [4.78, 5) is 0. The van der Waals surface area contributed by atoms with Crippen molar-refractivity contribution in [3.05, 3.63) is 23.8 Å². The molecular formula is C14H23N2O3. The van der Waals surface area contributed by atoms with E-state index in [4.69, 9.17) is 0 Å². The van der Waals surface area contributed by atoms with Crippen molar-refractivity contribution in [3.8, 4) is 11.5 Å². The molecule has 1 unspecified atom stereocenters. The summed E-state index contributed by atoms with van der Waals surface area (Å²) in [5.41, 5.74) is 0.833. The van der Waals surface area contributed by atoms with Crippen molar-refractivity contribution in [2.45, 2.75) is 25.9 Å². The molecular weight excluding hydrogens is 244 g/mol. The molecule has 4 N–H and O–H groups in total. The van der Waals surface area contributed by atoms with Gasteiger partial charge in [-0.3, -0.25) is 0 Å². The topological polar surface area (TPSA) is 86.8 Å². The Balaban J connectivity index is 2.89. The van der Waals surface area contributed by atoms with Crippen molar-refractivity contribution in [2.24, 2.45) is 5.92 Å². The minimum absolute atomic E-state index is 0.0392. The van der Waals surface area contributed by atoms with Gasteiger partial charge >= 0.3 is 0 Å². The Morgan fingerprint density at radius 3 is 2.37 bits per heavy atom. The summed E-state index contributed by atoms with van der Waals surface area (Å²) >= 11 is 0. The van der Waals surface area contributed by atoms with Gasteiger partial charge < -0.3 is 20.6 Å². The number of benzene rings is 1. The fourth-order valence-electron chi connectivity index (χ4n) is 1.91. The lowest BCUT2D eigenvalue weighted by molar-refractivity contribution is 0.198. The molecule has 0 fully saturated rings. The van der Waals surface area contributed by atoms with Gasteiger partial charge in [-0.25, -0.2) is 5.32 Å². The van der Waals surface area contributed by atoms with Crippen molar-refractivity contribution >= 4 is 0 Å². The molecule has 0 saturated carbocycles. The van der Waals surface area contributed by atoms with Crippen molar-refractivity contribution in [3.63, 3.8) is 0 Å². The van der Waals surface area contributed by atoms with Crippen LogP contribution in [0, 0.1) is 5.92 Å². The van der Waals surface area contributed by atoms with Crippen LogP contribution >= 0.6 is 0 Å². The van der Waals surface area contributed by atoms with Crippen LogP contribution in [0.1, 0.15) is 25.5 Å². The van der Waals surface area contributed by atoms with Gasteiger partial charge in [-0.1, -0.05) is 19.9 Å². The summed E-state index contributed by atoms with van der Waals surface area (Å²) in [5.74, 6) is -0.000860. The molecule has 5 heteroatoms. The molecule has 1 aromatic rings. The first-order chi connectivity index (χ1) is 8.99. The molecule has 2 atom stereocenters. The third kappa shape index (κ3) is 4.38. The predicted octanol–water partition coefficient (Wildman–Crippen LogP) is 0.980. The Morgan fingerprint density at radius 1 is 1.21 bits per heavy atom. The van der Waals surface area contributed by atoms with Crippen LogP contribution in [0.15, 0.2) is 18.2 Å². The largest absolute Gasteiger partial charge is 0.504 e. The number of aromatic hydroxyl groups is 2. The molecule has 0 spiro atoms. The number of nitrogens with one attached hydrogen (secondary N) is 1. The molecule has 1 aromatic carbocycles. The predicted molar refractivity (Wildman–Crippen MR) is 74.3 cm³/mol. The van der Waals surface area contributed by atoms with E-state index in [0.29, 0.717) is 6.54 Å². The second-order valence-electron chi connectivity index (χ2n) is 5.00. The van der Waals surface area contributed by atoms with E-state index in [1.165, 1.54) is 12.1 Å². The molecule has 0 amide bonds. The van der Waals surface area contributed by atoms with Gasteiger partial charge in [0, 0.05) is 25.7 Å². The highest BCUT2D eigenvalue weighted by atomic mass is 16.3. The molecule has 1 radical (unpaired) electrons. The zero-order valence-corrected chi connectivity index (χ0v) is 11.7. The maximum atomic E-state index is 9.56. The SMILES string of the molecule is C[N]CC(N[C@@H](CO)C(C)C)c1ccc(O)c(O)c1. The Labute approximate surface area is 114 Å². The number of phenolic OH excluding ortho intramolecular Hbond substituents is 2. The average molecular weight is 267 g/mol. The van der Waals surface area contributed by atoms with E-state index >= 15 is 0 Å². The monoisotopic (exact) mass is 267 g/mol. The van der Waals surface area contributed by atoms with E-state index in [9.17, 15) is 15.3 Å². The van der Waals surface area contributed by atoms with Crippen LogP contribution in [0.3, 0.4) is 0 Å². The van der Waals surface area contributed by atoms with Crippen LogP contribution in [-0.4, -0.2) is 41.6 Å². The van der Waals surface area contributed by atoms with Crippen molar-refractivity contribution in [1.29, 1.82) is 0 Å². The summed E-state index contributed by atoms with van der Waals surface area (Å²) in [6, 6.07) is 4.58. The van der Waals surface area contributed by atoms with E-state index in [1.54, 1.807) is 13.1 Å². The first-order valence-electron chi connectivity index (χ1n) is 6.44. The van der Waals surface area contributed by atoms with Gasteiger partial charge in [0.2, 0.25) is 0 Å². The highest BCUT2D eigenvalue weighted by molar-refractivity contribution is 5.41. The summed E-state index contributed by atoms with van der Waals surface area (Å²) < 4.78 is 0. The van der Waals surface area contributed by atoms with Crippen LogP contribution in [0.25, 0.3) is 0 Å². The molecule has 0 aliphatic heterocycles. The molecule has 5 nitrogen and oxygen atoms in total.